The minimum atomic E-state index is -0.799. The molecule has 1 saturated heterocycles. The SMILES string of the molecule is COc1ccc(/C(O)=C2\C(=O)C(=O)N(c3ccc(N(C)C)cc3)C2c2ccccc2C)cc1Cl. The number of ketones is 1. The average molecular weight is 477 g/mol. The molecule has 1 N–H and O–H groups in total. The van der Waals surface area contributed by atoms with Gasteiger partial charge in [-0.1, -0.05) is 35.9 Å². The number of aryl methyl sites for hydroxylation is 1. The Hall–Kier alpha value is -3.77. The van der Waals surface area contributed by atoms with Crippen LogP contribution in [0.4, 0.5) is 11.4 Å². The molecule has 0 aromatic heterocycles. The molecule has 1 aliphatic rings. The topological polar surface area (TPSA) is 70.1 Å². The Bertz CT molecular complexity index is 1300. The van der Waals surface area contributed by atoms with E-state index in [9.17, 15) is 14.7 Å². The Morgan fingerprint density at radius 2 is 1.71 bits per heavy atom. The largest absolute Gasteiger partial charge is 0.507 e. The van der Waals surface area contributed by atoms with Crippen LogP contribution in [-0.2, 0) is 9.59 Å². The van der Waals surface area contributed by atoms with Gasteiger partial charge in [0.1, 0.15) is 11.5 Å². The minimum Gasteiger partial charge on any atom is -0.507 e. The molecule has 1 heterocycles. The first-order valence-electron chi connectivity index (χ1n) is 10.7. The number of aliphatic hydroxyl groups excluding tert-OH is 1. The second kappa shape index (κ2) is 9.23. The van der Waals surface area contributed by atoms with Crippen LogP contribution in [0.3, 0.4) is 0 Å². The minimum absolute atomic E-state index is 0.0113. The highest BCUT2D eigenvalue weighted by molar-refractivity contribution is 6.51. The van der Waals surface area contributed by atoms with Gasteiger partial charge in [0.2, 0.25) is 0 Å². The first kappa shape index (κ1) is 23.4. The molecule has 3 aromatic carbocycles. The third-order valence-electron chi connectivity index (χ3n) is 6.00. The van der Waals surface area contributed by atoms with Crippen molar-refractivity contribution < 1.29 is 19.4 Å². The smallest absolute Gasteiger partial charge is 0.300 e. The van der Waals surface area contributed by atoms with E-state index in [1.165, 1.54) is 18.1 Å². The van der Waals surface area contributed by atoms with Crippen LogP contribution in [0, 0.1) is 6.92 Å². The van der Waals surface area contributed by atoms with E-state index in [4.69, 9.17) is 16.3 Å². The number of benzene rings is 3. The van der Waals surface area contributed by atoms with Crippen LogP contribution in [0.2, 0.25) is 5.02 Å². The van der Waals surface area contributed by atoms with Gasteiger partial charge >= 0.3 is 0 Å². The van der Waals surface area contributed by atoms with Gasteiger partial charge in [-0.2, -0.15) is 0 Å². The molecule has 6 nitrogen and oxygen atoms in total. The maximum atomic E-state index is 13.3. The fraction of sp³-hybridized carbons (Fsp3) is 0.185. The van der Waals surface area contributed by atoms with Crippen molar-refractivity contribution in [2.75, 3.05) is 31.0 Å². The van der Waals surface area contributed by atoms with Crippen LogP contribution in [0.15, 0.2) is 72.3 Å². The van der Waals surface area contributed by atoms with E-state index < -0.39 is 17.7 Å². The number of amides is 1. The van der Waals surface area contributed by atoms with Crippen molar-refractivity contribution in [1.29, 1.82) is 0 Å². The number of rotatable bonds is 5. The first-order valence-corrected chi connectivity index (χ1v) is 11.1. The first-order chi connectivity index (χ1) is 16.2. The zero-order valence-electron chi connectivity index (χ0n) is 19.4. The van der Waals surface area contributed by atoms with E-state index in [0.29, 0.717) is 17.0 Å². The summed E-state index contributed by atoms with van der Waals surface area (Å²) < 4.78 is 5.19. The molecule has 0 aliphatic carbocycles. The van der Waals surface area contributed by atoms with Gasteiger partial charge < -0.3 is 14.7 Å². The molecule has 3 aromatic rings. The summed E-state index contributed by atoms with van der Waals surface area (Å²) in [5.74, 6) is -1.31. The lowest BCUT2D eigenvalue weighted by Gasteiger charge is -2.27. The molecule has 1 atom stereocenters. The van der Waals surface area contributed by atoms with Crippen molar-refractivity contribution in [1.82, 2.24) is 0 Å². The summed E-state index contributed by atoms with van der Waals surface area (Å²) in [6.45, 7) is 1.91. The van der Waals surface area contributed by atoms with E-state index in [0.717, 1.165) is 16.8 Å². The molecule has 1 amide bonds. The van der Waals surface area contributed by atoms with Gasteiger partial charge in [0.15, 0.2) is 0 Å². The number of Topliss-reactive ketones (excluding diaryl/α,β-unsaturated/α-hetero) is 1. The molecule has 0 bridgehead atoms. The predicted molar refractivity (Wildman–Crippen MR) is 135 cm³/mol. The van der Waals surface area contributed by atoms with Crippen LogP contribution in [0.1, 0.15) is 22.7 Å². The summed E-state index contributed by atoms with van der Waals surface area (Å²) in [7, 11) is 5.34. The summed E-state index contributed by atoms with van der Waals surface area (Å²) >= 11 is 6.26. The highest BCUT2D eigenvalue weighted by Crippen LogP contribution is 2.43. The third kappa shape index (κ3) is 4.01. The van der Waals surface area contributed by atoms with E-state index in [-0.39, 0.29) is 16.4 Å². The lowest BCUT2D eigenvalue weighted by atomic mass is 9.92. The normalized spacial score (nSPS) is 17.2. The Morgan fingerprint density at radius 1 is 1.03 bits per heavy atom. The molecular weight excluding hydrogens is 452 g/mol. The van der Waals surface area contributed by atoms with Gasteiger partial charge in [-0.25, -0.2) is 0 Å². The van der Waals surface area contributed by atoms with Crippen LogP contribution in [0.25, 0.3) is 5.76 Å². The summed E-state index contributed by atoms with van der Waals surface area (Å²) in [6.07, 6.45) is 0. The maximum absolute atomic E-state index is 13.3. The van der Waals surface area contributed by atoms with Gasteiger partial charge in [0, 0.05) is 31.0 Å². The van der Waals surface area contributed by atoms with Gasteiger partial charge in [-0.05, 0) is 60.5 Å². The van der Waals surface area contributed by atoms with E-state index in [1.807, 2.05) is 62.3 Å². The monoisotopic (exact) mass is 476 g/mol. The zero-order valence-corrected chi connectivity index (χ0v) is 20.1. The Balaban J connectivity index is 1.93. The summed E-state index contributed by atoms with van der Waals surface area (Å²) in [4.78, 5) is 30.0. The van der Waals surface area contributed by atoms with Crippen molar-refractivity contribution in [3.63, 3.8) is 0 Å². The Labute approximate surface area is 203 Å². The lowest BCUT2D eigenvalue weighted by Crippen LogP contribution is -2.29. The van der Waals surface area contributed by atoms with Crippen molar-refractivity contribution >= 4 is 40.4 Å². The molecule has 4 rings (SSSR count). The summed E-state index contributed by atoms with van der Waals surface area (Å²) in [5.41, 5.74) is 3.50. The van der Waals surface area contributed by atoms with Crippen LogP contribution < -0.4 is 14.5 Å². The summed E-state index contributed by atoms with van der Waals surface area (Å²) in [5, 5.41) is 11.6. The number of anilines is 2. The number of nitrogens with zero attached hydrogens (tertiary/aromatic N) is 2. The maximum Gasteiger partial charge on any atom is 0.300 e. The van der Waals surface area contributed by atoms with Gasteiger partial charge in [0.05, 0.1) is 23.7 Å². The number of carbonyl (C=O) groups is 2. The second-order valence-corrected chi connectivity index (χ2v) is 8.69. The number of aliphatic hydroxyl groups is 1. The molecule has 0 saturated carbocycles. The molecule has 174 valence electrons. The number of carbonyl (C=O) groups excluding carboxylic acids is 2. The Morgan fingerprint density at radius 3 is 2.29 bits per heavy atom. The van der Waals surface area contributed by atoms with Crippen molar-refractivity contribution in [3.05, 3.63) is 94.0 Å². The third-order valence-corrected chi connectivity index (χ3v) is 6.29. The molecule has 34 heavy (non-hydrogen) atoms. The molecule has 1 fully saturated rings. The molecule has 1 unspecified atom stereocenters. The fourth-order valence-corrected chi connectivity index (χ4v) is 4.42. The standard InChI is InChI=1S/C27H25ClN2O4/c1-16-7-5-6-8-20(16)24-23(25(31)17-9-14-22(34-4)21(28)15-17)26(32)27(33)30(24)19-12-10-18(11-13-19)29(2)3/h5-15,24,31H,1-4H3/b25-23+. The van der Waals surface area contributed by atoms with Crippen molar-refractivity contribution in [3.8, 4) is 5.75 Å². The number of ether oxygens (including phenoxy) is 1. The molecular formula is C27H25ClN2O4. The molecule has 0 radical (unpaired) electrons. The second-order valence-electron chi connectivity index (χ2n) is 8.29. The highest BCUT2D eigenvalue weighted by atomic mass is 35.5. The van der Waals surface area contributed by atoms with E-state index in [2.05, 4.69) is 0 Å². The van der Waals surface area contributed by atoms with Gasteiger partial charge in [-0.3, -0.25) is 14.5 Å². The molecule has 0 spiro atoms. The fourth-order valence-electron chi connectivity index (χ4n) is 4.17. The van der Waals surface area contributed by atoms with Crippen molar-refractivity contribution in [2.45, 2.75) is 13.0 Å². The summed E-state index contributed by atoms with van der Waals surface area (Å²) in [6, 6.07) is 18.8. The number of halogens is 1. The number of hydrogen-bond donors (Lipinski definition) is 1. The van der Waals surface area contributed by atoms with Crippen LogP contribution in [-0.4, -0.2) is 38.0 Å². The molecule has 1 aliphatic heterocycles. The number of methoxy groups -OCH3 is 1. The van der Waals surface area contributed by atoms with E-state index in [1.54, 1.807) is 24.3 Å². The van der Waals surface area contributed by atoms with Crippen LogP contribution in [0.5, 0.6) is 5.75 Å². The quantitative estimate of drug-likeness (QED) is 0.305. The van der Waals surface area contributed by atoms with Gasteiger partial charge in [-0.15, -0.1) is 0 Å². The highest BCUT2D eigenvalue weighted by Gasteiger charge is 2.47. The Kier molecular flexibility index (Phi) is 6.35. The van der Waals surface area contributed by atoms with Crippen LogP contribution >= 0.6 is 11.6 Å². The van der Waals surface area contributed by atoms with Gasteiger partial charge in [0.25, 0.3) is 11.7 Å². The lowest BCUT2D eigenvalue weighted by molar-refractivity contribution is -0.132. The zero-order chi connectivity index (χ0) is 24.6. The van der Waals surface area contributed by atoms with Crippen molar-refractivity contribution in [2.24, 2.45) is 0 Å². The predicted octanol–water partition coefficient (Wildman–Crippen LogP) is 5.35. The number of hydrogen-bond acceptors (Lipinski definition) is 5. The average Bonchev–Trinajstić information content (AvgIpc) is 3.09. The van der Waals surface area contributed by atoms with E-state index >= 15 is 0 Å². The molecule has 7 heteroatoms.